The first-order valence-electron chi connectivity index (χ1n) is 10.2. The Morgan fingerprint density at radius 2 is 1.33 bits per heavy atom. The van der Waals surface area contributed by atoms with Crippen LogP contribution in [0.25, 0.3) is 0 Å². The van der Waals surface area contributed by atoms with Gasteiger partial charge in [-0.05, 0) is 41.5 Å². The first-order chi connectivity index (χ1) is 14.2. The van der Waals surface area contributed by atoms with Crippen molar-refractivity contribution in [2.75, 3.05) is 0 Å². The maximum absolute atomic E-state index is 11.3. The zero-order chi connectivity index (χ0) is 24.5. The fourth-order valence-corrected chi connectivity index (χ4v) is 1.70. The molecule has 0 aliphatic heterocycles. The van der Waals surface area contributed by atoms with E-state index >= 15 is 0 Å². The molecule has 0 saturated heterocycles. The summed E-state index contributed by atoms with van der Waals surface area (Å²) in [5, 5.41) is 5.18. The van der Waals surface area contributed by atoms with Gasteiger partial charge in [0.2, 0.25) is 0 Å². The second-order valence-electron chi connectivity index (χ2n) is 8.52. The zero-order valence-corrected chi connectivity index (χ0v) is 26.8. The predicted octanol–water partition coefficient (Wildman–Crippen LogP) is 5.11. The molecule has 0 aromatic heterocycles. The molecule has 0 heterocycles. The van der Waals surface area contributed by atoms with Crippen LogP contribution in [-0.2, 0) is 74.9 Å². The molecule has 2 amide bonds. The quantitative estimate of drug-likeness (QED) is 0.217. The molecule has 0 aromatic carbocycles. The molecular formula is C24H39BN2O4Y2-4. The first-order valence-corrected chi connectivity index (χ1v) is 10.2. The molecule has 9 heteroatoms. The van der Waals surface area contributed by atoms with E-state index in [0.29, 0.717) is 6.32 Å². The van der Waals surface area contributed by atoms with Gasteiger partial charge in [-0.1, -0.05) is 0 Å². The van der Waals surface area contributed by atoms with Crippen molar-refractivity contribution in [2.24, 2.45) is 0 Å². The number of hydrogen-bond acceptors (Lipinski definition) is 4. The number of hydrogen-bond donors (Lipinski definition) is 2. The van der Waals surface area contributed by atoms with Crippen LogP contribution in [0.5, 0.6) is 0 Å². The molecule has 0 rings (SSSR count). The third kappa shape index (κ3) is 34.0. The van der Waals surface area contributed by atoms with Crippen LogP contribution >= 0.6 is 0 Å². The number of carbonyl (C=O) groups is 2. The average Bonchev–Trinajstić information content (AvgIpc) is 2.56. The summed E-state index contributed by atoms with van der Waals surface area (Å²) >= 11 is 0. The van der Waals surface area contributed by atoms with Gasteiger partial charge in [-0.15, -0.1) is 24.8 Å². The van der Waals surface area contributed by atoms with Gasteiger partial charge in [0.15, 0.2) is 0 Å². The summed E-state index contributed by atoms with van der Waals surface area (Å²) < 4.78 is 10.1. The average molecular weight is 608 g/mol. The minimum Gasteiger partial charge on any atom is -0.444 e. The minimum absolute atomic E-state index is 0. The Kier molecular flexibility index (Phi) is 26.9. The van der Waals surface area contributed by atoms with Gasteiger partial charge in [-0.2, -0.15) is 31.2 Å². The number of alkyl carbamates (subject to hydrolysis) is 2. The van der Waals surface area contributed by atoms with Gasteiger partial charge in [0.05, 0.1) is 7.85 Å². The summed E-state index contributed by atoms with van der Waals surface area (Å²) in [6.07, 6.45) is 13.0. The summed E-state index contributed by atoms with van der Waals surface area (Å²) in [5.74, 6) is 0. The van der Waals surface area contributed by atoms with Gasteiger partial charge in [-0.3, -0.25) is 0 Å². The van der Waals surface area contributed by atoms with Gasteiger partial charge in [0.1, 0.15) is 11.2 Å². The number of amides is 2. The molecule has 0 spiro atoms. The molecule has 0 aliphatic rings. The maximum atomic E-state index is 11.3. The molecule has 0 saturated carbocycles. The van der Waals surface area contributed by atoms with Crippen LogP contribution in [-0.4, -0.2) is 43.3 Å². The fourth-order valence-electron chi connectivity index (χ4n) is 1.70. The SMILES string of the molecule is C=C[CH-]C=C[C@H]([CH2-])NC(=O)OC(C)(C)C.[B]CC[CH-]C=C[C@H]([CH2-])NC(=O)OC(C)(C)C.[Y].[Y]. The number of nitrogens with one attached hydrogen (secondary N) is 2. The van der Waals surface area contributed by atoms with Crippen LogP contribution in [0.4, 0.5) is 9.59 Å². The third-order valence-corrected chi connectivity index (χ3v) is 2.81. The van der Waals surface area contributed by atoms with Gasteiger partial charge < -0.3 is 34.0 Å². The normalized spacial score (nSPS) is 12.6. The second kappa shape index (κ2) is 22.3. The van der Waals surface area contributed by atoms with E-state index in [2.05, 4.69) is 31.1 Å². The molecule has 2 atom stereocenters. The number of ether oxygens (including phenoxy) is 2. The van der Waals surface area contributed by atoms with Crippen LogP contribution in [0.3, 0.4) is 0 Å². The Bertz CT molecular complexity index is 586. The molecule has 0 unspecified atom stereocenters. The van der Waals surface area contributed by atoms with Crippen molar-refractivity contribution in [1.29, 1.82) is 0 Å². The van der Waals surface area contributed by atoms with E-state index in [1.807, 2.05) is 54.0 Å². The van der Waals surface area contributed by atoms with Crippen LogP contribution < -0.4 is 10.6 Å². The molecular weight excluding hydrogens is 569 g/mol. The molecule has 0 fully saturated rings. The number of carbonyl (C=O) groups excluding carboxylic acids is 2. The van der Waals surface area contributed by atoms with E-state index in [9.17, 15) is 9.59 Å². The molecule has 0 bridgehead atoms. The summed E-state index contributed by atoms with van der Waals surface area (Å²) in [7, 11) is 5.33. The van der Waals surface area contributed by atoms with Crippen molar-refractivity contribution in [1.82, 2.24) is 10.6 Å². The summed E-state index contributed by atoms with van der Waals surface area (Å²) in [5.41, 5.74) is -0.972. The van der Waals surface area contributed by atoms with Crippen LogP contribution in [0.15, 0.2) is 37.0 Å². The van der Waals surface area contributed by atoms with Gasteiger partial charge in [0.25, 0.3) is 0 Å². The summed E-state index contributed by atoms with van der Waals surface area (Å²) in [6, 6.07) is -0.611. The predicted molar refractivity (Wildman–Crippen MR) is 129 cm³/mol. The zero-order valence-electron chi connectivity index (χ0n) is 21.1. The van der Waals surface area contributed by atoms with Crippen molar-refractivity contribution in [2.45, 2.75) is 77.6 Å². The molecule has 0 aromatic rings. The van der Waals surface area contributed by atoms with Gasteiger partial charge >= 0.3 is 12.2 Å². The van der Waals surface area contributed by atoms with Crippen LogP contribution in [0, 0.1) is 26.7 Å². The van der Waals surface area contributed by atoms with Crippen molar-refractivity contribution in [3.05, 3.63) is 63.6 Å². The number of allylic oxidation sites excluding steroid dienone is 3. The van der Waals surface area contributed by atoms with Gasteiger partial charge in [0, 0.05) is 65.4 Å². The van der Waals surface area contributed by atoms with E-state index in [0.717, 1.165) is 6.42 Å². The van der Waals surface area contributed by atoms with Crippen molar-refractivity contribution >= 4 is 20.0 Å². The third-order valence-electron chi connectivity index (χ3n) is 2.81. The van der Waals surface area contributed by atoms with E-state index in [1.165, 1.54) is 0 Å². The standard InChI is InChI=1S/C12H20BNO2.C12H19NO2.2Y/c1-10(8-6-5-7-9-13)14-11(15)16-12(2,3)4;1-6-7-8-9-10(2)13-11(14)15-12(3,4)5;;/h5-6,8,10H,1,7,9H2,2-4H3,(H,14,15);6-10H,1-2H2,3-5H3,(H,13,14);;/q2*-2;;/t2*10-;;/m00../s1. The van der Waals surface area contributed by atoms with E-state index in [4.69, 9.17) is 17.3 Å². The summed E-state index contributed by atoms with van der Waals surface area (Å²) in [6.45, 7) is 21.9. The maximum Gasteiger partial charge on any atom is 0.404 e. The Morgan fingerprint density at radius 1 is 0.939 bits per heavy atom. The molecule has 0 aliphatic carbocycles. The topological polar surface area (TPSA) is 76.7 Å². The second-order valence-corrected chi connectivity index (χ2v) is 8.52. The van der Waals surface area contributed by atoms with Crippen molar-refractivity contribution in [3.8, 4) is 0 Å². The summed E-state index contributed by atoms with van der Waals surface area (Å²) in [4.78, 5) is 22.6. The van der Waals surface area contributed by atoms with E-state index < -0.39 is 23.4 Å². The fraction of sp³-hybridized carbons (Fsp3) is 0.500. The number of rotatable bonds is 9. The molecule has 2 N–H and O–H groups in total. The molecule has 6 nitrogen and oxygen atoms in total. The Balaban J connectivity index is -0.000000241. The monoisotopic (exact) mass is 608 g/mol. The van der Waals surface area contributed by atoms with Gasteiger partial charge in [-0.25, -0.2) is 28.2 Å². The smallest absolute Gasteiger partial charge is 0.404 e. The van der Waals surface area contributed by atoms with Crippen molar-refractivity contribution < 1.29 is 84.5 Å². The Morgan fingerprint density at radius 3 is 1.67 bits per heavy atom. The molecule has 33 heavy (non-hydrogen) atoms. The van der Waals surface area contributed by atoms with Crippen molar-refractivity contribution in [3.63, 3.8) is 0 Å². The Labute approximate surface area is 254 Å². The van der Waals surface area contributed by atoms with Crippen LogP contribution in [0.1, 0.15) is 48.0 Å². The van der Waals surface area contributed by atoms with E-state index in [1.54, 1.807) is 30.7 Å². The molecule has 4 radical (unpaired) electrons. The minimum atomic E-state index is -0.487. The van der Waals surface area contributed by atoms with Crippen LogP contribution in [0.2, 0.25) is 6.32 Å². The van der Waals surface area contributed by atoms with E-state index in [-0.39, 0.29) is 77.5 Å². The largest absolute Gasteiger partial charge is 0.444 e. The Hall–Kier alpha value is -0.227. The molecule has 182 valence electrons. The first kappa shape index (κ1) is 40.0. The number of unbranched alkanes of at least 4 members (excludes halogenated alkanes) is 1.